The molecule has 2 saturated heterocycles. The molecule has 14 heteroatoms. The molecule has 2 fully saturated rings. The minimum atomic E-state index is -2.94. The summed E-state index contributed by atoms with van der Waals surface area (Å²) < 4.78 is 33.5. The first-order chi connectivity index (χ1) is 24.5. The van der Waals surface area contributed by atoms with Crippen molar-refractivity contribution in [2.45, 2.75) is 106 Å². The quantitative estimate of drug-likeness (QED) is 0.116. The second-order valence-corrected chi connectivity index (χ2v) is 16.8. The molecular formula is C37H47F2N6O3S3+. The van der Waals surface area contributed by atoms with Gasteiger partial charge in [0.2, 0.25) is 11.6 Å². The van der Waals surface area contributed by atoms with Gasteiger partial charge < -0.3 is 20.9 Å². The number of unbranched alkanes of at least 4 members (excludes halogenated alkanes) is 4. The molecule has 0 spiro atoms. The molecule has 1 aromatic carbocycles. The lowest BCUT2D eigenvalue weighted by Crippen LogP contribution is -2.38. The summed E-state index contributed by atoms with van der Waals surface area (Å²) >= 11 is 4.79. The fourth-order valence-electron chi connectivity index (χ4n) is 6.89. The van der Waals surface area contributed by atoms with Gasteiger partial charge in [-0.2, -0.15) is 16.3 Å². The highest BCUT2D eigenvalue weighted by Crippen LogP contribution is 2.47. The van der Waals surface area contributed by atoms with E-state index in [1.54, 1.807) is 10.6 Å². The molecule has 2 aromatic heterocycles. The number of alkyl halides is 2. The zero-order chi connectivity index (χ0) is 36.1. The van der Waals surface area contributed by atoms with Crippen molar-refractivity contribution in [1.29, 1.82) is 0 Å². The Balaban J connectivity index is 0.979. The van der Waals surface area contributed by atoms with E-state index in [1.165, 1.54) is 35.2 Å². The number of urea groups is 1. The zero-order valence-corrected chi connectivity index (χ0v) is 31.8. The maximum absolute atomic E-state index is 14.0. The Kier molecular flexibility index (Phi) is 12.1. The summed E-state index contributed by atoms with van der Waals surface area (Å²) in [7, 11) is 1.83. The van der Waals surface area contributed by atoms with E-state index in [0.29, 0.717) is 35.0 Å². The number of benzene rings is 1. The van der Waals surface area contributed by atoms with Crippen LogP contribution in [0.25, 0.3) is 11.1 Å². The largest absolute Gasteiger partial charge is 0.356 e. The van der Waals surface area contributed by atoms with Gasteiger partial charge in [0.25, 0.3) is 11.5 Å². The second-order valence-electron chi connectivity index (χ2n) is 13.5. The Hall–Kier alpha value is -3.36. The molecular weight excluding hydrogens is 711 g/mol. The Labute approximate surface area is 310 Å². The van der Waals surface area contributed by atoms with Gasteiger partial charge in [-0.1, -0.05) is 30.7 Å². The summed E-state index contributed by atoms with van der Waals surface area (Å²) in [5, 5.41) is 10.3. The summed E-state index contributed by atoms with van der Waals surface area (Å²) in [6, 6.07) is 11.2. The van der Waals surface area contributed by atoms with Crippen LogP contribution in [-0.4, -0.2) is 53.2 Å². The van der Waals surface area contributed by atoms with Crippen LogP contribution in [0.15, 0.2) is 52.3 Å². The van der Waals surface area contributed by atoms with Gasteiger partial charge in [-0.15, -0.1) is 11.3 Å². The van der Waals surface area contributed by atoms with Crippen molar-refractivity contribution in [1.82, 2.24) is 20.5 Å². The number of carbonyl (C=O) groups excluding carboxylic acids is 2. The van der Waals surface area contributed by atoms with Gasteiger partial charge >= 0.3 is 6.03 Å². The van der Waals surface area contributed by atoms with Crippen molar-refractivity contribution >= 4 is 63.6 Å². The zero-order valence-electron chi connectivity index (χ0n) is 29.4. The number of fused-ring (bicyclic) bond motifs is 2. The average Bonchev–Trinajstić information content (AvgIpc) is 3.83. The van der Waals surface area contributed by atoms with Crippen LogP contribution in [-0.2, 0) is 23.8 Å². The van der Waals surface area contributed by atoms with Gasteiger partial charge in [0, 0.05) is 79.6 Å². The van der Waals surface area contributed by atoms with Gasteiger partial charge in [-0.05, 0) is 50.8 Å². The highest BCUT2D eigenvalue weighted by atomic mass is 32.2. The third kappa shape index (κ3) is 8.82. The number of halogens is 2. The highest BCUT2D eigenvalue weighted by Gasteiger charge is 2.42. The fraction of sp³-hybridized carbons (Fsp3) is 0.514. The number of thioether (sulfide) groups is 2. The second kappa shape index (κ2) is 16.5. The Morgan fingerprint density at radius 3 is 2.73 bits per heavy atom. The number of hydrogen-bond donors (Lipinski definition) is 3. The van der Waals surface area contributed by atoms with E-state index in [2.05, 4.69) is 38.9 Å². The number of nitrogens with one attached hydrogen (secondary N) is 3. The fourth-order valence-corrected chi connectivity index (χ4v) is 10.9. The minimum absolute atomic E-state index is 0.0447. The van der Waals surface area contributed by atoms with Gasteiger partial charge in [-0.25, -0.2) is 13.6 Å². The monoisotopic (exact) mass is 757 g/mol. The topological polar surface area (TPSA) is 99.3 Å². The van der Waals surface area contributed by atoms with Gasteiger partial charge in [0.15, 0.2) is 6.20 Å². The predicted octanol–water partition coefficient (Wildman–Crippen LogP) is 4.87. The number of amides is 3. The van der Waals surface area contributed by atoms with Crippen LogP contribution in [0.2, 0.25) is 0 Å². The van der Waals surface area contributed by atoms with Crippen molar-refractivity contribution in [2.24, 2.45) is 0 Å². The van der Waals surface area contributed by atoms with E-state index in [9.17, 15) is 23.2 Å². The predicted molar refractivity (Wildman–Crippen MR) is 203 cm³/mol. The number of nitrogens with zero attached hydrogens (tertiary/aromatic N) is 3. The molecule has 9 nitrogen and oxygen atoms in total. The van der Waals surface area contributed by atoms with E-state index in [4.69, 9.17) is 0 Å². The maximum Gasteiger partial charge on any atom is 0.315 e. The van der Waals surface area contributed by atoms with E-state index in [-0.39, 0.29) is 35.1 Å². The molecule has 3 aliphatic rings. The summed E-state index contributed by atoms with van der Waals surface area (Å²) in [5.41, 5.74) is 1.57. The van der Waals surface area contributed by atoms with Crippen molar-refractivity contribution in [3.05, 3.63) is 73.4 Å². The molecule has 51 heavy (non-hydrogen) atoms. The number of rotatable bonds is 15. The maximum atomic E-state index is 14.0. The number of aromatic nitrogens is 2. The van der Waals surface area contributed by atoms with Gasteiger partial charge in [0.05, 0.1) is 17.8 Å². The standard InChI is InChI=1S/C37H46F2N6O3S3/c1-4-45-31(51-33(34(45)47)35-43(3)27-21-24(37(2,38)39)16-17-28(27)50-35)22-25-13-9-12-20-44(25)19-11-6-5-10-18-40-30(46)15-8-7-14-29-32-26(23-49-29)41-36(48)42-32/h9,12-13,16-17,20-22,26,29,32H,4-8,10-11,14-15,18-19,23H2,1-3H3,(H2-,40,41,42,46,48)/p+1/b35-33+/t26-,29-,32-/m0/s1. The summed E-state index contributed by atoms with van der Waals surface area (Å²) in [6.45, 7) is 4.90. The first-order valence-electron chi connectivity index (χ1n) is 17.9. The molecule has 3 atom stereocenters. The summed E-state index contributed by atoms with van der Waals surface area (Å²) in [4.78, 5) is 40.2. The van der Waals surface area contributed by atoms with E-state index in [0.717, 1.165) is 84.4 Å². The number of aryl methyl sites for hydroxylation is 1. The smallest absolute Gasteiger partial charge is 0.315 e. The number of anilines is 1. The molecule has 6 rings (SSSR count). The Bertz CT molecular complexity index is 1930. The number of pyridine rings is 1. The lowest BCUT2D eigenvalue weighted by atomic mass is 10.0. The van der Waals surface area contributed by atoms with Gasteiger partial charge in [-0.3, -0.25) is 14.2 Å². The molecule has 0 aliphatic carbocycles. The molecule has 3 aromatic rings. The van der Waals surface area contributed by atoms with E-state index >= 15 is 0 Å². The molecule has 0 unspecified atom stereocenters. The third-order valence-electron chi connectivity index (χ3n) is 9.74. The lowest BCUT2D eigenvalue weighted by Gasteiger charge is -2.16. The molecule has 3 N–H and O–H groups in total. The normalized spacial score (nSPS) is 21.1. The van der Waals surface area contributed by atoms with Crippen LogP contribution < -0.4 is 40.2 Å². The molecule has 0 bridgehead atoms. The summed E-state index contributed by atoms with van der Waals surface area (Å²) in [5.74, 6) is -1.87. The van der Waals surface area contributed by atoms with Crippen molar-refractivity contribution in [3.63, 3.8) is 0 Å². The minimum Gasteiger partial charge on any atom is -0.356 e. The van der Waals surface area contributed by atoms with Crippen molar-refractivity contribution in [3.8, 4) is 0 Å². The molecule has 3 aliphatic heterocycles. The van der Waals surface area contributed by atoms with E-state index in [1.807, 2.05) is 42.8 Å². The number of thiazole rings is 1. The molecule has 0 saturated carbocycles. The van der Waals surface area contributed by atoms with E-state index < -0.39 is 5.92 Å². The lowest BCUT2D eigenvalue weighted by molar-refractivity contribution is -0.699. The number of carbonyl (C=O) groups is 2. The van der Waals surface area contributed by atoms with Crippen LogP contribution in [0.5, 0.6) is 0 Å². The Morgan fingerprint density at radius 1 is 1.10 bits per heavy atom. The third-order valence-corrected chi connectivity index (χ3v) is 13.7. The SMILES string of the molecule is CCn1c(=O)/c(=C2\Sc3ccc(C(C)(F)F)cc3N2C)s/c1=C\c1cccc[n+]1CCCCCCNC(=O)CCCC[C@@H]1SC[C@@H]2NC(=O)N[C@@H]21. The van der Waals surface area contributed by atoms with Crippen LogP contribution in [0, 0.1) is 0 Å². The first kappa shape index (κ1) is 37.4. The van der Waals surface area contributed by atoms with Crippen molar-refractivity contribution < 1.29 is 22.9 Å². The molecule has 274 valence electrons. The van der Waals surface area contributed by atoms with Crippen LogP contribution in [0.3, 0.4) is 0 Å². The number of hydrogen-bond acceptors (Lipinski definition) is 7. The summed E-state index contributed by atoms with van der Waals surface area (Å²) in [6.07, 6.45) is 11.5. The highest BCUT2D eigenvalue weighted by molar-refractivity contribution is 8.08. The Morgan fingerprint density at radius 2 is 1.92 bits per heavy atom. The average molecular weight is 758 g/mol. The molecule has 0 radical (unpaired) electrons. The molecule has 5 heterocycles. The van der Waals surface area contributed by atoms with Crippen LogP contribution in [0.1, 0.15) is 76.5 Å². The molecule has 3 amide bonds. The first-order valence-corrected chi connectivity index (χ1v) is 20.5. The van der Waals surface area contributed by atoms with Gasteiger partial charge in [0.1, 0.15) is 20.8 Å². The van der Waals surface area contributed by atoms with Crippen molar-refractivity contribution in [2.75, 3.05) is 24.2 Å². The van der Waals surface area contributed by atoms with Crippen LogP contribution in [0.4, 0.5) is 19.3 Å². The van der Waals surface area contributed by atoms with Crippen LogP contribution >= 0.6 is 34.9 Å².